The molecule has 1 amide bonds. The largest absolute Gasteiger partial charge is 0.366 e. The number of benzene rings is 1. The number of para-hydroxylation sites is 1. The molecule has 0 saturated carbocycles. The fraction of sp³-hybridized carbons (Fsp3) is 0.0833. The quantitative estimate of drug-likeness (QED) is 0.861. The highest BCUT2D eigenvalue weighted by Crippen LogP contribution is 2.31. The first-order valence-electron chi connectivity index (χ1n) is 5.49. The Morgan fingerprint density at radius 1 is 1.35 bits per heavy atom. The van der Waals surface area contributed by atoms with E-state index < -0.39 is 15.9 Å². The molecule has 106 valence electrons. The minimum absolute atomic E-state index is 0.128. The van der Waals surface area contributed by atoms with Gasteiger partial charge in [-0.3, -0.25) is 9.52 Å². The van der Waals surface area contributed by atoms with Crippen LogP contribution < -0.4 is 10.5 Å². The van der Waals surface area contributed by atoms with E-state index in [1.165, 1.54) is 29.5 Å². The number of halogens is 1. The molecule has 0 spiro atoms. The van der Waals surface area contributed by atoms with Gasteiger partial charge in [0.05, 0.1) is 15.0 Å². The van der Waals surface area contributed by atoms with Crippen molar-refractivity contribution in [1.82, 2.24) is 0 Å². The number of primary amides is 1. The number of anilines is 1. The second-order valence-electron chi connectivity index (χ2n) is 3.99. The first kappa shape index (κ1) is 15.0. The average molecular weight is 375 g/mol. The van der Waals surface area contributed by atoms with Crippen LogP contribution in [0.2, 0.25) is 0 Å². The summed E-state index contributed by atoms with van der Waals surface area (Å²) in [6.45, 7) is 1.71. The van der Waals surface area contributed by atoms with E-state index in [1.807, 2.05) is 0 Å². The van der Waals surface area contributed by atoms with Gasteiger partial charge in [-0.05, 0) is 41.1 Å². The van der Waals surface area contributed by atoms with Crippen LogP contribution >= 0.6 is 27.3 Å². The van der Waals surface area contributed by atoms with Crippen molar-refractivity contribution in [3.8, 4) is 0 Å². The number of nitrogens with one attached hydrogen (secondary N) is 1. The summed E-state index contributed by atoms with van der Waals surface area (Å²) in [5.41, 5.74) is 5.52. The standard InChI is InChI=1S/C12H11BrN2O3S2/c1-7-10(6-11(13)19-7)20(17,18)15-9-5-3-2-4-8(9)12(14)16/h2-6,15H,1H3,(H2,14,16). The van der Waals surface area contributed by atoms with E-state index in [-0.39, 0.29) is 16.1 Å². The van der Waals surface area contributed by atoms with Gasteiger partial charge in [0.15, 0.2) is 0 Å². The molecule has 2 rings (SSSR count). The maximum atomic E-state index is 12.3. The van der Waals surface area contributed by atoms with Gasteiger partial charge in [-0.15, -0.1) is 11.3 Å². The number of hydrogen-bond acceptors (Lipinski definition) is 4. The second-order valence-corrected chi connectivity index (χ2v) is 8.27. The van der Waals surface area contributed by atoms with Crippen LogP contribution in [0.3, 0.4) is 0 Å². The summed E-state index contributed by atoms with van der Waals surface area (Å²) in [7, 11) is -3.76. The number of carbonyl (C=O) groups is 1. The highest BCUT2D eigenvalue weighted by Gasteiger charge is 2.21. The third-order valence-electron chi connectivity index (χ3n) is 2.57. The predicted molar refractivity (Wildman–Crippen MR) is 82.5 cm³/mol. The minimum atomic E-state index is -3.76. The fourth-order valence-corrected chi connectivity index (χ4v) is 5.18. The van der Waals surface area contributed by atoms with Crippen molar-refractivity contribution in [3.05, 3.63) is 44.6 Å². The smallest absolute Gasteiger partial charge is 0.263 e. The number of thiophene rings is 1. The molecule has 0 aliphatic heterocycles. The summed E-state index contributed by atoms with van der Waals surface area (Å²) in [6.07, 6.45) is 0. The molecule has 8 heteroatoms. The van der Waals surface area contributed by atoms with Crippen molar-refractivity contribution < 1.29 is 13.2 Å². The topological polar surface area (TPSA) is 89.3 Å². The van der Waals surface area contributed by atoms with Gasteiger partial charge in [0.2, 0.25) is 0 Å². The zero-order valence-electron chi connectivity index (χ0n) is 10.4. The van der Waals surface area contributed by atoms with Crippen LogP contribution in [0.15, 0.2) is 39.0 Å². The Kier molecular flexibility index (Phi) is 4.17. The molecule has 0 aliphatic rings. The summed E-state index contributed by atoms with van der Waals surface area (Å²) >= 11 is 4.57. The Bertz CT molecular complexity index is 769. The predicted octanol–water partition coefficient (Wildman–Crippen LogP) is 2.72. The van der Waals surface area contributed by atoms with Crippen molar-refractivity contribution in [2.45, 2.75) is 11.8 Å². The van der Waals surface area contributed by atoms with E-state index in [4.69, 9.17) is 5.73 Å². The zero-order valence-corrected chi connectivity index (χ0v) is 13.6. The number of sulfonamides is 1. The monoisotopic (exact) mass is 374 g/mol. The van der Waals surface area contributed by atoms with Gasteiger partial charge in [-0.25, -0.2) is 8.42 Å². The molecule has 0 saturated heterocycles. The number of hydrogen-bond donors (Lipinski definition) is 2. The van der Waals surface area contributed by atoms with Gasteiger partial charge in [0.1, 0.15) is 4.90 Å². The van der Waals surface area contributed by atoms with E-state index in [2.05, 4.69) is 20.7 Å². The molecule has 0 bridgehead atoms. The van der Waals surface area contributed by atoms with Crippen LogP contribution in [-0.4, -0.2) is 14.3 Å². The van der Waals surface area contributed by atoms with E-state index in [0.29, 0.717) is 4.88 Å². The Morgan fingerprint density at radius 2 is 2.00 bits per heavy atom. The molecule has 20 heavy (non-hydrogen) atoms. The van der Waals surface area contributed by atoms with Crippen molar-refractivity contribution in [1.29, 1.82) is 0 Å². The van der Waals surface area contributed by atoms with Gasteiger partial charge >= 0.3 is 0 Å². The number of amides is 1. The molecule has 1 aromatic carbocycles. The maximum absolute atomic E-state index is 12.3. The molecule has 5 nitrogen and oxygen atoms in total. The van der Waals surface area contributed by atoms with Crippen molar-refractivity contribution in [2.24, 2.45) is 5.73 Å². The second kappa shape index (κ2) is 5.55. The Balaban J connectivity index is 2.44. The minimum Gasteiger partial charge on any atom is -0.366 e. The summed E-state index contributed by atoms with van der Waals surface area (Å²) in [5, 5.41) is 0. The van der Waals surface area contributed by atoms with Gasteiger partial charge in [0, 0.05) is 4.88 Å². The van der Waals surface area contributed by atoms with Gasteiger partial charge in [0.25, 0.3) is 15.9 Å². The van der Waals surface area contributed by atoms with Crippen LogP contribution in [0, 0.1) is 6.92 Å². The van der Waals surface area contributed by atoms with Crippen molar-refractivity contribution >= 4 is 48.9 Å². The molecule has 0 radical (unpaired) electrons. The molecular formula is C12H11BrN2O3S2. The number of aryl methyl sites for hydroxylation is 1. The Morgan fingerprint density at radius 3 is 2.55 bits per heavy atom. The van der Waals surface area contributed by atoms with Gasteiger partial charge < -0.3 is 5.73 Å². The SMILES string of the molecule is Cc1sc(Br)cc1S(=O)(=O)Nc1ccccc1C(N)=O. The van der Waals surface area contributed by atoms with Crippen LogP contribution in [0.5, 0.6) is 0 Å². The third kappa shape index (κ3) is 3.02. The van der Waals surface area contributed by atoms with Crippen molar-refractivity contribution in [3.63, 3.8) is 0 Å². The Hall–Kier alpha value is -1.38. The normalized spacial score (nSPS) is 11.3. The number of nitrogens with two attached hydrogens (primary N) is 1. The average Bonchev–Trinajstić information content (AvgIpc) is 2.69. The van der Waals surface area contributed by atoms with Gasteiger partial charge in [-0.2, -0.15) is 0 Å². The molecule has 0 fully saturated rings. The molecule has 1 aromatic heterocycles. The lowest BCUT2D eigenvalue weighted by Gasteiger charge is -2.10. The summed E-state index contributed by atoms with van der Waals surface area (Å²) in [4.78, 5) is 12.1. The lowest BCUT2D eigenvalue weighted by molar-refractivity contribution is 0.100. The molecule has 0 unspecified atom stereocenters. The highest BCUT2D eigenvalue weighted by molar-refractivity contribution is 9.11. The van der Waals surface area contributed by atoms with Crippen LogP contribution in [0.1, 0.15) is 15.2 Å². The summed E-state index contributed by atoms with van der Waals surface area (Å²) in [5.74, 6) is -0.688. The molecular weight excluding hydrogens is 364 g/mol. The maximum Gasteiger partial charge on any atom is 0.263 e. The molecule has 0 aliphatic carbocycles. The fourth-order valence-electron chi connectivity index (χ4n) is 1.68. The van der Waals surface area contributed by atoms with Crippen LogP contribution in [0.25, 0.3) is 0 Å². The number of carbonyl (C=O) groups excluding carboxylic acids is 1. The highest BCUT2D eigenvalue weighted by atomic mass is 79.9. The van der Waals surface area contributed by atoms with E-state index in [1.54, 1.807) is 19.1 Å². The first-order chi connectivity index (χ1) is 9.31. The number of rotatable bonds is 4. The molecule has 1 heterocycles. The summed E-state index contributed by atoms with van der Waals surface area (Å²) < 4.78 is 27.8. The lowest BCUT2D eigenvalue weighted by Crippen LogP contribution is -2.18. The Labute approximate surface area is 129 Å². The summed E-state index contributed by atoms with van der Waals surface area (Å²) in [6, 6.07) is 7.73. The van der Waals surface area contributed by atoms with Crippen LogP contribution in [-0.2, 0) is 10.0 Å². The van der Waals surface area contributed by atoms with E-state index in [9.17, 15) is 13.2 Å². The van der Waals surface area contributed by atoms with Crippen molar-refractivity contribution in [2.75, 3.05) is 4.72 Å². The lowest BCUT2D eigenvalue weighted by atomic mass is 10.2. The van der Waals surface area contributed by atoms with Gasteiger partial charge in [-0.1, -0.05) is 12.1 Å². The molecule has 3 N–H and O–H groups in total. The van der Waals surface area contributed by atoms with Crippen LogP contribution in [0.4, 0.5) is 5.69 Å². The first-order valence-corrected chi connectivity index (χ1v) is 8.58. The van der Waals surface area contributed by atoms with E-state index in [0.717, 1.165) is 3.79 Å². The molecule has 2 aromatic rings. The zero-order chi connectivity index (χ0) is 14.9. The third-order valence-corrected chi connectivity index (χ3v) is 5.74. The molecule has 0 atom stereocenters. The van der Waals surface area contributed by atoms with E-state index >= 15 is 0 Å².